The maximum absolute atomic E-state index is 11.9. The maximum atomic E-state index is 11.9. The number of hydrogen-bond donors (Lipinski definition) is 2. The average Bonchev–Trinajstić information content (AvgIpc) is 3.13. The van der Waals surface area contributed by atoms with Crippen molar-refractivity contribution in [1.82, 2.24) is 19.9 Å². The van der Waals surface area contributed by atoms with Crippen LogP contribution in [0.2, 0.25) is 0 Å². The van der Waals surface area contributed by atoms with Crippen molar-refractivity contribution in [3.05, 3.63) is 18.6 Å². The van der Waals surface area contributed by atoms with E-state index in [0.717, 1.165) is 49.3 Å². The van der Waals surface area contributed by atoms with Gasteiger partial charge in [0.15, 0.2) is 0 Å². The minimum Gasteiger partial charge on any atom is -0.354 e. The summed E-state index contributed by atoms with van der Waals surface area (Å²) in [6.07, 6.45) is 5.50. The van der Waals surface area contributed by atoms with Crippen LogP contribution in [0.1, 0.15) is 12.8 Å². The normalized spacial score (nSPS) is 24.8. The molecule has 0 radical (unpaired) electrons. The van der Waals surface area contributed by atoms with Crippen LogP contribution in [0.4, 0.5) is 5.82 Å². The molecule has 21 heavy (non-hydrogen) atoms. The number of aromatic amines is 1. The molecule has 1 amide bonds. The van der Waals surface area contributed by atoms with Crippen molar-refractivity contribution in [2.45, 2.75) is 18.4 Å². The summed E-state index contributed by atoms with van der Waals surface area (Å²) in [5.41, 5.74) is 6.32. The summed E-state index contributed by atoms with van der Waals surface area (Å²) in [5, 5.41) is 1.03. The van der Waals surface area contributed by atoms with E-state index in [-0.39, 0.29) is 18.0 Å². The Morgan fingerprint density at radius 2 is 2.24 bits per heavy atom. The number of nitrogens with zero attached hydrogens (tertiary/aromatic N) is 4. The molecule has 1 atom stereocenters. The van der Waals surface area contributed by atoms with Gasteiger partial charge in [0.1, 0.15) is 17.8 Å². The van der Waals surface area contributed by atoms with Crippen LogP contribution in [0.5, 0.6) is 0 Å². The fourth-order valence-electron chi connectivity index (χ4n) is 3.61. The van der Waals surface area contributed by atoms with Gasteiger partial charge in [-0.2, -0.15) is 0 Å². The van der Waals surface area contributed by atoms with Gasteiger partial charge in [0.25, 0.3) is 0 Å². The van der Waals surface area contributed by atoms with Gasteiger partial charge in [-0.25, -0.2) is 9.97 Å². The highest BCUT2D eigenvalue weighted by Gasteiger charge is 2.51. The van der Waals surface area contributed by atoms with E-state index in [1.54, 1.807) is 6.33 Å². The van der Waals surface area contributed by atoms with Gasteiger partial charge >= 0.3 is 0 Å². The van der Waals surface area contributed by atoms with Gasteiger partial charge in [-0.1, -0.05) is 0 Å². The van der Waals surface area contributed by atoms with Crippen LogP contribution >= 0.6 is 0 Å². The van der Waals surface area contributed by atoms with E-state index in [4.69, 9.17) is 5.73 Å². The Balaban J connectivity index is 1.62. The van der Waals surface area contributed by atoms with Gasteiger partial charge in [0.05, 0.1) is 17.5 Å². The Kier molecular flexibility index (Phi) is 2.65. The number of carbonyl (C=O) groups excluding carboxylic acids is 1. The molecule has 4 rings (SSSR count). The highest BCUT2D eigenvalue weighted by atomic mass is 16.2. The summed E-state index contributed by atoms with van der Waals surface area (Å²) in [6.45, 7) is 2.66. The topological polar surface area (TPSA) is 91.1 Å². The zero-order chi connectivity index (χ0) is 14.4. The zero-order valence-electron chi connectivity index (χ0n) is 11.7. The number of carbonyl (C=O) groups is 1. The molecule has 0 bridgehead atoms. The summed E-state index contributed by atoms with van der Waals surface area (Å²) < 4.78 is 0. The van der Waals surface area contributed by atoms with Gasteiger partial charge in [-0.3, -0.25) is 4.79 Å². The molecule has 7 nitrogen and oxygen atoms in total. The molecular formula is C14H18N6O. The average molecular weight is 286 g/mol. The third-order valence-corrected chi connectivity index (χ3v) is 4.81. The molecule has 110 valence electrons. The van der Waals surface area contributed by atoms with E-state index in [9.17, 15) is 4.79 Å². The standard InChI is InChI=1S/C14H18N6O/c15-7-11(21)20-6-3-14(20)2-5-19(8-14)13-10-1-4-16-12(10)17-9-18-13/h1,4,9H,2-3,5-8,15H2,(H,16,17,18). The van der Waals surface area contributed by atoms with Crippen molar-refractivity contribution in [2.75, 3.05) is 31.1 Å². The Morgan fingerprint density at radius 1 is 1.38 bits per heavy atom. The molecule has 2 aliphatic heterocycles. The first-order chi connectivity index (χ1) is 10.2. The lowest BCUT2D eigenvalue weighted by molar-refractivity contribution is -0.144. The van der Waals surface area contributed by atoms with Crippen molar-refractivity contribution in [2.24, 2.45) is 5.73 Å². The van der Waals surface area contributed by atoms with Gasteiger partial charge < -0.3 is 20.5 Å². The quantitative estimate of drug-likeness (QED) is 0.817. The first kappa shape index (κ1) is 12.6. The molecule has 2 saturated heterocycles. The molecule has 0 aromatic carbocycles. The highest BCUT2D eigenvalue weighted by molar-refractivity contribution is 5.87. The second-order valence-corrected chi connectivity index (χ2v) is 5.83. The van der Waals surface area contributed by atoms with E-state index in [2.05, 4.69) is 19.9 Å². The Labute approximate surface area is 122 Å². The van der Waals surface area contributed by atoms with Crippen molar-refractivity contribution in [3.63, 3.8) is 0 Å². The van der Waals surface area contributed by atoms with Crippen LogP contribution in [-0.2, 0) is 4.79 Å². The molecule has 1 unspecified atom stereocenters. The number of aromatic nitrogens is 3. The summed E-state index contributed by atoms with van der Waals surface area (Å²) in [4.78, 5) is 27.9. The Bertz CT molecular complexity index is 698. The van der Waals surface area contributed by atoms with E-state index in [1.807, 2.05) is 17.2 Å². The van der Waals surface area contributed by atoms with Crippen molar-refractivity contribution in [1.29, 1.82) is 0 Å². The van der Waals surface area contributed by atoms with Crippen LogP contribution in [0.25, 0.3) is 11.0 Å². The lowest BCUT2D eigenvalue weighted by Gasteiger charge is -2.50. The fourth-order valence-corrected chi connectivity index (χ4v) is 3.61. The fraction of sp³-hybridized carbons (Fsp3) is 0.500. The van der Waals surface area contributed by atoms with Crippen LogP contribution in [-0.4, -0.2) is 57.5 Å². The molecule has 7 heteroatoms. The number of nitrogens with one attached hydrogen (secondary N) is 1. The monoisotopic (exact) mass is 286 g/mol. The SMILES string of the molecule is NCC(=O)N1CCC12CCN(c1ncnc3[nH]ccc13)C2. The molecular weight excluding hydrogens is 268 g/mol. The number of anilines is 1. The summed E-state index contributed by atoms with van der Waals surface area (Å²) in [6, 6.07) is 2.00. The smallest absolute Gasteiger partial charge is 0.236 e. The Hall–Kier alpha value is -2.15. The van der Waals surface area contributed by atoms with E-state index >= 15 is 0 Å². The van der Waals surface area contributed by atoms with Crippen LogP contribution in [0, 0.1) is 0 Å². The molecule has 2 fully saturated rings. The molecule has 1 spiro atoms. The number of fused-ring (bicyclic) bond motifs is 1. The van der Waals surface area contributed by atoms with Crippen molar-refractivity contribution in [3.8, 4) is 0 Å². The number of amides is 1. The second-order valence-electron chi connectivity index (χ2n) is 5.83. The third kappa shape index (κ3) is 1.73. The van der Waals surface area contributed by atoms with Crippen molar-refractivity contribution >= 4 is 22.8 Å². The molecule has 2 aromatic rings. The lowest BCUT2D eigenvalue weighted by atomic mass is 9.83. The summed E-state index contributed by atoms with van der Waals surface area (Å²) in [5.74, 6) is 1.00. The number of rotatable bonds is 2. The molecule has 4 heterocycles. The number of likely N-dealkylation sites (tertiary alicyclic amines) is 1. The van der Waals surface area contributed by atoms with Gasteiger partial charge in [0.2, 0.25) is 5.91 Å². The highest BCUT2D eigenvalue weighted by Crippen LogP contribution is 2.41. The number of nitrogens with two attached hydrogens (primary N) is 1. The Morgan fingerprint density at radius 3 is 3.00 bits per heavy atom. The predicted octanol–water partition coefficient (Wildman–Crippen LogP) is 0.0978. The predicted molar refractivity (Wildman–Crippen MR) is 78.8 cm³/mol. The minimum atomic E-state index is -0.0377. The van der Waals surface area contributed by atoms with Crippen LogP contribution in [0.3, 0.4) is 0 Å². The molecule has 0 aliphatic carbocycles. The first-order valence-corrected chi connectivity index (χ1v) is 7.27. The minimum absolute atomic E-state index is 0.0377. The summed E-state index contributed by atoms with van der Waals surface area (Å²) >= 11 is 0. The van der Waals surface area contributed by atoms with E-state index in [1.165, 1.54) is 0 Å². The number of H-pyrrole nitrogens is 1. The third-order valence-electron chi connectivity index (χ3n) is 4.81. The van der Waals surface area contributed by atoms with E-state index in [0.29, 0.717) is 0 Å². The van der Waals surface area contributed by atoms with Crippen molar-refractivity contribution < 1.29 is 4.79 Å². The summed E-state index contributed by atoms with van der Waals surface area (Å²) in [7, 11) is 0. The second kappa shape index (κ2) is 4.42. The molecule has 3 N–H and O–H groups in total. The zero-order valence-corrected chi connectivity index (χ0v) is 11.7. The van der Waals surface area contributed by atoms with E-state index < -0.39 is 0 Å². The largest absolute Gasteiger partial charge is 0.354 e. The maximum Gasteiger partial charge on any atom is 0.236 e. The van der Waals surface area contributed by atoms with Gasteiger partial charge in [-0.15, -0.1) is 0 Å². The number of hydrogen-bond acceptors (Lipinski definition) is 5. The van der Waals surface area contributed by atoms with Gasteiger partial charge in [0, 0.05) is 25.8 Å². The molecule has 2 aromatic heterocycles. The van der Waals surface area contributed by atoms with Crippen LogP contribution < -0.4 is 10.6 Å². The first-order valence-electron chi connectivity index (χ1n) is 7.27. The van der Waals surface area contributed by atoms with Crippen LogP contribution in [0.15, 0.2) is 18.6 Å². The molecule has 2 aliphatic rings. The van der Waals surface area contributed by atoms with Gasteiger partial charge in [-0.05, 0) is 18.9 Å². The lowest BCUT2D eigenvalue weighted by Crippen LogP contribution is -2.64. The molecule has 0 saturated carbocycles.